The van der Waals surface area contributed by atoms with Crippen molar-refractivity contribution in [3.05, 3.63) is 102 Å². The summed E-state index contributed by atoms with van der Waals surface area (Å²) in [7, 11) is -3.79. The summed E-state index contributed by atoms with van der Waals surface area (Å²) in [5, 5.41) is 5.34. The summed E-state index contributed by atoms with van der Waals surface area (Å²) in [5.41, 5.74) is 2.20. The maximum Gasteiger partial charge on any atom is 0.262 e. The van der Waals surface area contributed by atoms with Crippen molar-refractivity contribution in [1.82, 2.24) is 4.98 Å². The molecular weight excluding hydrogens is 430 g/mol. The molecule has 0 aliphatic heterocycles. The molecule has 156 valence electrons. The molecule has 2 N–H and O–H groups in total. The quantitative estimate of drug-likeness (QED) is 0.373. The molecule has 0 aliphatic rings. The average molecular weight is 450 g/mol. The third kappa shape index (κ3) is 5.05. The van der Waals surface area contributed by atoms with Gasteiger partial charge in [0.25, 0.3) is 10.0 Å². The van der Waals surface area contributed by atoms with Gasteiger partial charge in [0.1, 0.15) is 0 Å². The van der Waals surface area contributed by atoms with Gasteiger partial charge in [-0.15, -0.1) is 0 Å². The van der Waals surface area contributed by atoms with Crippen molar-refractivity contribution in [2.24, 2.45) is 0 Å². The zero-order valence-electron chi connectivity index (χ0n) is 16.5. The number of hydrogen-bond acceptors (Lipinski definition) is 4. The number of fused-ring (bicyclic) bond motifs is 1. The molecule has 4 aromatic rings. The van der Waals surface area contributed by atoms with Crippen LogP contribution in [0, 0.1) is 0 Å². The molecular formula is C24H20ClN3O2S. The highest BCUT2D eigenvalue weighted by atomic mass is 35.5. The Balaban J connectivity index is 1.52. The van der Waals surface area contributed by atoms with Gasteiger partial charge in [-0.1, -0.05) is 60.2 Å². The minimum Gasteiger partial charge on any atom is -0.380 e. The molecule has 0 aliphatic carbocycles. The van der Waals surface area contributed by atoms with Crippen LogP contribution in [0.1, 0.15) is 5.56 Å². The average Bonchev–Trinajstić information content (AvgIpc) is 2.78. The fraction of sp³-hybridized carbons (Fsp3) is 0.0417. The first-order valence-corrected chi connectivity index (χ1v) is 11.5. The van der Waals surface area contributed by atoms with Crippen molar-refractivity contribution < 1.29 is 8.42 Å². The van der Waals surface area contributed by atoms with Crippen molar-refractivity contribution in [3.63, 3.8) is 0 Å². The summed E-state index contributed by atoms with van der Waals surface area (Å²) in [6.07, 6.45) is 7.17. The lowest BCUT2D eigenvalue weighted by molar-refractivity contribution is 0.602. The maximum absolute atomic E-state index is 13.1. The zero-order chi connectivity index (χ0) is 21.7. The van der Waals surface area contributed by atoms with E-state index in [9.17, 15) is 8.42 Å². The summed E-state index contributed by atoms with van der Waals surface area (Å²) in [5.74, 6) is 0. The molecule has 4 rings (SSSR count). The standard InChI is InChI=1S/C24H20ClN3O2S/c25-20-12-10-18(11-13-20)5-4-15-27-22-7-1-2-8-23(22)28-31(29,30)24-9-3-6-19-17-26-16-14-21(19)24/h1-14,16-17,27-28H,15H2/b5-4+. The first-order valence-electron chi connectivity index (χ1n) is 9.63. The molecule has 3 aromatic carbocycles. The third-order valence-corrected chi connectivity index (χ3v) is 6.37. The Bertz CT molecular complexity index is 1330. The van der Waals surface area contributed by atoms with E-state index in [1.54, 1.807) is 42.7 Å². The van der Waals surface area contributed by atoms with Gasteiger partial charge in [0.2, 0.25) is 0 Å². The smallest absolute Gasteiger partial charge is 0.262 e. The van der Waals surface area contributed by atoms with Gasteiger partial charge in [-0.05, 0) is 42.0 Å². The number of anilines is 2. The van der Waals surface area contributed by atoms with Crippen molar-refractivity contribution in [2.45, 2.75) is 4.90 Å². The lowest BCUT2D eigenvalue weighted by atomic mass is 10.2. The SMILES string of the molecule is O=S(=O)(Nc1ccccc1NC/C=C/c1ccc(Cl)cc1)c1cccc2cnccc12. The highest BCUT2D eigenvalue weighted by molar-refractivity contribution is 7.93. The Hall–Kier alpha value is -3.35. The predicted molar refractivity (Wildman–Crippen MR) is 128 cm³/mol. The number of sulfonamides is 1. The second kappa shape index (κ2) is 9.20. The van der Waals surface area contributed by atoms with Crippen LogP contribution in [0.15, 0.2) is 96.2 Å². The first kappa shape index (κ1) is 20.9. The molecule has 1 aromatic heterocycles. The van der Waals surface area contributed by atoms with Crippen LogP contribution < -0.4 is 10.0 Å². The van der Waals surface area contributed by atoms with Gasteiger partial charge < -0.3 is 5.32 Å². The summed E-state index contributed by atoms with van der Waals surface area (Å²) < 4.78 is 29.0. The number of halogens is 1. The van der Waals surface area contributed by atoms with Crippen LogP contribution in [0.25, 0.3) is 16.8 Å². The Labute approximate surface area is 186 Å². The molecule has 0 spiro atoms. The van der Waals surface area contributed by atoms with Crippen LogP contribution in [0.5, 0.6) is 0 Å². The van der Waals surface area contributed by atoms with Crippen LogP contribution in [0.3, 0.4) is 0 Å². The van der Waals surface area contributed by atoms with Crippen molar-refractivity contribution >= 4 is 49.8 Å². The number of nitrogens with zero attached hydrogens (tertiary/aromatic N) is 1. The van der Waals surface area contributed by atoms with Gasteiger partial charge in [-0.2, -0.15) is 0 Å². The number of rotatable bonds is 7. The maximum atomic E-state index is 13.1. The molecule has 0 amide bonds. The molecule has 0 atom stereocenters. The minimum absolute atomic E-state index is 0.213. The zero-order valence-corrected chi connectivity index (χ0v) is 18.1. The van der Waals surface area contributed by atoms with E-state index in [0.717, 1.165) is 10.9 Å². The van der Waals surface area contributed by atoms with E-state index in [4.69, 9.17) is 11.6 Å². The van der Waals surface area contributed by atoms with E-state index in [1.807, 2.05) is 54.6 Å². The van der Waals surface area contributed by atoms with E-state index in [-0.39, 0.29) is 4.90 Å². The molecule has 5 nitrogen and oxygen atoms in total. The number of hydrogen-bond donors (Lipinski definition) is 2. The van der Waals surface area contributed by atoms with E-state index in [1.165, 1.54) is 0 Å². The third-order valence-electron chi connectivity index (χ3n) is 4.69. The Morgan fingerprint density at radius 3 is 2.48 bits per heavy atom. The van der Waals surface area contributed by atoms with E-state index < -0.39 is 10.0 Å². The number of nitrogens with one attached hydrogen (secondary N) is 2. The number of benzene rings is 3. The van der Waals surface area contributed by atoms with Gasteiger partial charge >= 0.3 is 0 Å². The monoisotopic (exact) mass is 449 g/mol. The van der Waals surface area contributed by atoms with Crippen LogP contribution in [-0.2, 0) is 10.0 Å². The van der Waals surface area contributed by atoms with Crippen LogP contribution in [0.2, 0.25) is 5.02 Å². The molecule has 0 radical (unpaired) electrons. The van der Waals surface area contributed by atoms with Gasteiger partial charge in [-0.3, -0.25) is 9.71 Å². The highest BCUT2D eigenvalue weighted by Gasteiger charge is 2.18. The highest BCUT2D eigenvalue weighted by Crippen LogP contribution is 2.27. The predicted octanol–water partition coefficient (Wildman–Crippen LogP) is 5.81. The molecule has 0 bridgehead atoms. The number of pyridine rings is 1. The Morgan fingerprint density at radius 1 is 0.903 bits per heavy atom. The van der Waals surface area contributed by atoms with Crippen molar-refractivity contribution in [1.29, 1.82) is 0 Å². The van der Waals surface area contributed by atoms with Gasteiger partial charge in [-0.25, -0.2) is 8.42 Å². The van der Waals surface area contributed by atoms with Gasteiger partial charge in [0.15, 0.2) is 0 Å². The topological polar surface area (TPSA) is 71.1 Å². The Kier molecular flexibility index (Phi) is 6.21. The number of aromatic nitrogens is 1. The Morgan fingerprint density at radius 2 is 1.68 bits per heavy atom. The summed E-state index contributed by atoms with van der Waals surface area (Å²) >= 11 is 5.90. The lowest BCUT2D eigenvalue weighted by Gasteiger charge is -2.14. The molecule has 0 saturated carbocycles. The largest absolute Gasteiger partial charge is 0.380 e. The number of para-hydroxylation sites is 2. The van der Waals surface area contributed by atoms with E-state index in [2.05, 4.69) is 15.0 Å². The van der Waals surface area contributed by atoms with Crippen molar-refractivity contribution in [2.75, 3.05) is 16.6 Å². The van der Waals surface area contributed by atoms with Crippen LogP contribution >= 0.6 is 11.6 Å². The lowest BCUT2D eigenvalue weighted by Crippen LogP contribution is -2.15. The van der Waals surface area contributed by atoms with E-state index >= 15 is 0 Å². The molecule has 0 fully saturated rings. The second-order valence-electron chi connectivity index (χ2n) is 6.84. The summed E-state index contributed by atoms with van der Waals surface area (Å²) in [6.45, 7) is 0.529. The van der Waals surface area contributed by atoms with Crippen molar-refractivity contribution in [3.8, 4) is 0 Å². The summed E-state index contributed by atoms with van der Waals surface area (Å²) in [6, 6.07) is 21.6. The second-order valence-corrected chi connectivity index (χ2v) is 8.93. The molecule has 1 heterocycles. The first-order chi connectivity index (χ1) is 15.0. The van der Waals surface area contributed by atoms with E-state index in [0.29, 0.717) is 28.3 Å². The minimum atomic E-state index is -3.79. The molecule has 0 unspecified atom stereocenters. The van der Waals surface area contributed by atoms with Gasteiger partial charge in [0.05, 0.1) is 16.3 Å². The van der Waals surface area contributed by atoms with Gasteiger partial charge in [0, 0.05) is 34.7 Å². The fourth-order valence-electron chi connectivity index (χ4n) is 3.19. The van der Waals surface area contributed by atoms with Crippen LogP contribution in [-0.4, -0.2) is 19.9 Å². The van der Waals surface area contributed by atoms with Crippen LogP contribution in [0.4, 0.5) is 11.4 Å². The normalized spacial score (nSPS) is 11.6. The molecule has 31 heavy (non-hydrogen) atoms. The molecule has 0 saturated heterocycles. The molecule has 7 heteroatoms. The fourth-order valence-corrected chi connectivity index (χ4v) is 4.63. The summed E-state index contributed by atoms with van der Waals surface area (Å²) in [4.78, 5) is 4.28.